The van der Waals surface area contributed by atoms with Crippen LogP contribution < -0.4 is 20.2 Å². The van der Waals surface area contributed by atoms with Crippen molar-refractivity contribution in [1.82, 2.24) is 0 Å². The van der Waals surface area contributed by atoms with Crippen LogP contribution in [0.15, 0.2) is 48.5 Å². The van der Waals surface area contributed by atoms with E-state index in [-0.39, 0.29) is 0 Å². The van der Waals surface area contributed by atoms with Crippen molar-refractivity contribution in [3.8, 4) is 0 Å². The highest BCUT2D eigenvalue weighted by Crippen LogP contribution is 2.22. The van der Waals surface area contributed by atoms with Crippen LogP contribution in [-0.4, -0.2) is 34.3 Å². The molecule has 2 aromatic rings. The molecule has 0 spiro atoms. The molecule has 144 valence electrons. The van der Waals surface area contributed by atoms with Crippen LogP contribution in [-0.2, 0) is 0 Å². The first kappa shape index (κ1) is 18.6. The molecule has 0 amide bonds. The summed E-state index contributed by atoms with van der Waals surface area (Å²) in [6.45, 7) is 9.90. The molecular weight excluding hydrogens is 344 g/mol. The molecule has 0 saturated carbocycles. The van der Waals surface area contributed by atoms with E-state index in [1.807, 2.05) is 0 Å². The van der Waals surface area contributed by atoms with E-state index in [9.17, 15) is 0 Å². The van der Waals surface area contributed by atoms with Crippen molar-refractivity contribution in [3.63, 3.8) is 0 Å². The summed E-state index contributed by atoms with van der Waals surface area (Å²) in [7, 11) is -1.70. The quantitative estimate of drug-likeness (QED) is 0.723. The van der Waals surface area contributed by atoms with Gasteiger partial charge in [0.25, 0.3) is 0 Å². The predicted molar refractivity (Wildman–Crippen MR) is 122 cm³/mol. The Balaban J connectivity index is 1.61. The van der Waals surface area contributed by atoms with Crippen LogP contribution >= 0.6 is 0 Å². The molecule has 2 fully saturated rings. The van der Waals surface area contributed by atoms with Crippen LogP contribution in [0.1, 0.15) is 38.5 Å². The van der Waals surface area contributed by atoms with Gasteiger partial charge in [0, 0.05) is 37.6 Å². The van der Waals surface area contributed by atoms with Crippen LogP contribution in [0.5, 0.6) is 0 Å². The van der Waals surface area contributed by atoms with Crippen LogP contribution in [0.25, 0.3) is 0 Å². The highest BCUT2D eigenvalue weighted by Gasteiger charge is 2.27. The van der Waals surface area contributed by atoms with Crippen LogP contribution in [0.3, 0.4) is 0 Å². The second-order valence-corrected chi connectivity index (χ2v) is 13.2. The van der Waals surface area contributed by atoms with Gasteiger partial charge in [-0.25, -0.2) is 0 Å². The van der Waals surface area contributed by atoms with Gasteiger partial charge in [-0.05, 0) is 62.8 Å². The van der Waals surface area contributed by atoms with Crippen molar-refractivity contribution in [2.45, 2.75) is 51.6 Å². The minimum atomic E-state index is -1.70. The average molecular weight is 379 g/mol. The minimum Gasteiger partial charge on any atom is -0.372 e. The molecule has 2 nitrogen and oxygen atoms in total. The summed E-state index contributed by atoms with van der Waals surface area (Å²) in [4.78, 5) is 5.17. The molecule has 2 heterocycles. The first-order valence-electron chi connectivity index (χ1n) is 10.9. The number of piperidine rings is 2. The Hall–Kier alpha value is -1.74. The van der Waals surface area contributed by atoms with Gasteiger partial charge >= 0.3 is 0 Å². The number of rotatable bonds is 4. The fourth-order valence-electron chi connectivity index (χ4n) is 4.65. The topological polar surface area (TPSA) is 6.48 Å². The van der Waals surface area contributed by atoms with Crippen molar-refractivity contribution < 1.29 is 0 Å². The molecule has 0 radical (unpaired) electrons. The van der Waals surface area contributed by atoms with Gasteiger partial charge in [-0.3, -0.25) is 0 Å². The maximum Gasteiger partial charge on any atom is 0.112 e. The highest BCUT2D eigenvalue weighted by atomic mass is 28.3. The average Bonchev–Trinajstić information content (AvgIpc) is 2.75. The molecular formula is C24H34N2Si. The Morgan fingerprint density at radius 2 is 1.00 bits per heavy atom. The second-order valence-electron chi connectivity index (χ2n) is 8.82. The summed E-state index contributed by atoms with van der Waals surface area (Å²) in [5, 5.41) is 3.11. The molecule has 2 saturated heterocycles. The van der Waals surface area contributed by atoms with Crippen LogP contribution in [0.2, 0.25) is 13.1 Å². The fourth-order valence-corrected chi connectivity index (χ4v) is 7.03. The standard InChI is InChI=1S/C24H34N2Si/c1-27(2,23-13-9-11-21(19-23)25-15-5-3-6-16-25)24-14-10-12-22(20-24)26-17-7-4-8-18-26/h9-14,19-20H,3-8,15-18H2,1-2H3. The first-order chi connectivity index (χ1) is 13.1. The van der Waals surface area contributed by atoms with E-state index >= 15 is 0 Å². The van der Waals surface area contributed by atoms with E-state index in [1.165, 1.54) is 76.1 Å². The lowest BCUT2D eigenvalue weighted by Gasteiger charge is -2.32. The summed E-state index contributed by atoms with van der Waals surface area (Å²) in [5.41, 5.74) is 2.86. The largest absolute Gasteiger partial charge is 0.372 e. The third kappa shape index (κ3) is 4.08. The van der Waals surface area contributed by atoms with E-state index in [0.29, 0.717) is 0 Å². The Bertz CT molecular complexity index is 695. The van der Waals surface area contributed by atoms with E-state index < -0.39 is 8.07 Å². The lowest BCUT2D eigenvalue weighted by molar-refractivity contribution is 0.578. The molecule has 0 unspecified atom stereocenters. The van der Waals surface area contributed by atoms with Crippen molar-refractivity contribution >= 4 is 29.8 Å². The molecule has 2 aliphatic heterocycles. The summed E-state index contributed by atoms with van der Waals surface area (Å²) in [5.74, 6) is 0. The van der Waals surface area contributed by atoms with Crippen molar-refractivity contribution in [3.05, 3.63) is 48.5 Å². The molecule has 0 atom stereocenters. The number of hydrogen-bond donors (Lipinski definition) is 0. The van der Waals surface area contributed by atoms with E-state index in [2.05, 4.69) is 71.4 Å². The minimum absolute atomic E-state index is 1.22. The lowest BCUT2D eigenvalue weighted by Crippen LogP contribution is -2.53. The predicted octanol–water partition coefficient (Wildman–Crippen LogP) is 4.49. The maximum atomic E-state index is 2.58. The molecule has 2 aromatic carbocycles. The van der Waals surface area contributed by atoms with Crippen molar-refractivity contribution in [1.29, 1.82) is 0 Å². The molecule has 0 aromatic heterocycles. The summed E-state index contributed by atoms with van der Waals surface area (Å²) >= 11 is 0. The van der Waals surface area contributed by atoms with Gasteiger partial charge < -0.3 is 9.80 Å². The zero-order valence-corrected chi connectivity index (χ0v) is 18.1. The number of nitrogens with zero attached hydrogens (tertiary/aromatic N) is 2. The van der Waals surface area contributed by atoms with Gasteiger partial charge in [0.05, 0.1) is 0 Å². The second kappa shape index (κ2) is 8.10. The zero-order chi connectivity index (χ0) is 18.7. The number of hydrogen-bond acceptors (Lipinski definition) is 2. The molecule has 0 aliphatic carbocycles. The van der Waals surface area contributed by atoms with E-state index in [1.54, 1.807) is 10.4 Å². The molecule has 2 aliphatic rings. The lowest BCUT2D eigenvalue weighted by atomic mass is 10.1. The summed E-state index contributed by atoms with van der Waals surface area (Å²) in [6, 6.07) is 18.9. The monoisotopic (exact) mass is 378 g/mol. The normalized spacial score (nSPS) is 18.6. The van der Waals surface area contributed by atoms with Crippen LogP contribution in [0, 0.1) is 0 Å². The van der Waals surface area contributed by atoms with Crippen LogP contribution in [0.4, 0.5) is 11.4 Å². The first-order valence-corrected chi connectivity index (χ1v) is 13.9. The third-order valence-corrected chi connectivity index (χ3v) is 10.1. The Kier molecular flexibility index (Phi) is 5.58. The van der Waals surface area contributed by atoms with Gasteiger partial charge in [-0.2, -0.15) is 0 Å². The number of benzene rings is 2. The molecule has 4 rings (SSSR count). The van der Waals surface area contributed by atoms with E-state index in [4.69, 9.17) is 0 Å². The zero-order valence-electron chi connectivity index (χ0n) is 17.1. The summed E-state index contributed by atoms with van der Waals surface area (Å²) in [6.07, 6.45) is 8.12. The van der Waals surface area contributed by atoms with Gasteiger partial charge in [-0.1, -0.05) is 47.7 Å². The maximum absolute atomic E-state index is 2.58. The van der Waals surface area contributed by atoms with Crippen molar-refractivity contribution in [2.75, 3.05) is 36.0 Å². The smallest absolute Gasteiger partial charge is 0.112 e. The molecule has 3 heteroatoms. The van der Waals surface area contributed by atoms with Gasteiger partial charge in [0.1, 0.15) is 8.07 Å². The molecule has 0 N–H and O–H groups in total. The molecule has 0 bridgehead atoms. The van der Waals surface area contributed by atoms with Gasteiger partial charge in [0.15, 0.2) is 0 Å². The van der Waals surface area contributed by atoms with E-state index in [0.717, 1.165) is 0 Å². The fraction of sp³-hybridized carbons (Fsp3) is 0.500. The Morgan fingerprint density at radius 1 is 0.593 bits per heavy atom. The summed E-state index contributed by atoms with van der Waals surface area (Å²) < 4.78 is 0. The highest BCUT2D eigenvalue weighted by molar-refractivity contribution is 7.00. The van der Waals surface area contributed by atoms with Gasteiger partial charge in [0.2, 0.25) is 0 Å². The number of anilines is 2. The third-order valence-electron chi connectivity index (χ3n) is 6.58. The molecule has 27 heavy (non-hydrogen) atoms. The Morgan fingerprint density at radius 3 is 1.41 bits per heavy atom. The Labute approximate surface area is 166 Å². The van der Waals surface area contributed by atoms with Crippen molar-refractivity contribution in [2.24, 2.45) is 0 Å². The SMILES string of the molecule is C[Si](C)(c1cccc(N2CCCCC2)c1)c1cccc(N2CCCCC2)c1. The van der Waals surface area contributed by atoms with Gasteiger partial charge in [-0.15, -0.1) is 0 Å².